The van der Waals surface area contributed by atoms with Gasteiger partial charge < -0.3 is 15.2 Å². The lowest BCUT2D eigenvalue weighted by molar-refractivity contribution is 0.247. The summed E-state index contributed by atoms with van der Waals surface area (Å²) in [5.74, 6) is 0.617. The minimum absolute atomic E-state index is 0.0652. The highest BCUT2D eigenvalue weighted by Gasteiger charge is 2.22. The zero-order valence-corrected chi connectivity index (χ0v) is 12.3. The SMILES string of the molecule is Cc1noc(C)c1NC(=O)N[C@@H]1CCCc2ccccc21. The molecule has 1 aliphatic carbocycles. The molecule has 1 aromatic carbocycles. The number of nitrogens with zero attached hydrogens (tertiary/aromatic N) is 1. The molecule has 0 saturated heterocycles. The van der Waals surface area contributed by atoms with E-state index >= 15 is 0 Å². The van der Waals surface area contributed by atoms with Crippen LogP contribution >= 0.6 is 0 Å². The standard InChI is InChI=1S/C16H19N3O2/c1-10-15(11(2)21-19-10)18-16(20)17-14-9-5-7-12-6-3-4-8-13(12)14/h3-4,6,8,14H,5,7,9H2,1-2H3,(H2,17,18,20)/t14-/m1/s1. The molecule has 0 saturated carbocycles. The second-order valence-corrected chi connectivity index (χ2v) is 5.44. The Labute approximate surface area is 123 Å². The summed E-state index contributed by atoms with van der Waals surface area (Å²) >= 11 is 0. The van der Waals surface area contributed by atoms with Gasteiger partial charge in [0.25, 0.3) is 0 Å². The van der Waals surface area contributed by atoms with Crippen LogP contribution in [0.25, 0.3) is 0 Å². The molecule has 0 unspecified atom stereocenters. The Morgan fingerprint density at radius 3 is 2.90 bits per heavy atom. The Bertz CT molecular complexity index is 644. The molecule has 2 amide bonds. The molecule has 5 nitrogen and oxygen atoms in total. The van der Waals surface area contributed by atoms with Crippen LogP contribution in [0.1, 0.15) is 41.5 Å². The first kappa shape index (κ1) is 13.7. The summed E-state index contributed by atoms with van der Waals surface area (Å²) in [6, 6.07) is 8.14. The Kier molecular flexibility index (Phi) is 3.64. The van der Waals surface area contributed by atoms with Gasteiger partial charge in [-0.2, -0.15) is 0 Å². The van der Waals surface area contributed by atoms with Crippen molar-refractivity contribution in [3.63, 3.8) is 0 Å². The number of urea groups is 1. The third kappa shape index (κ3) is 2.77. The van der Waals surface area contributed by atoms with Gasteiger partial charge in [-0.05, 0) is 44.2 Å². The quantitative estimate of drug-likeness (QED) is 0.887. The summed E-state index contributed by atoms with van der Waals surface area (Å²) in [6.45, 7) is 3.59. The first-order chi connectivity index (χ1) is 10.1. The van der Waals surface area contributed by atoms with Crippen molar-refractivity contribution in [3.8, 4) is 0 Å². The van der Waals surface area contributed by atoms with E-state index in [9.17, 15) is 4.79 Å². The minimum Gasteiger partial charge on any atom is -0.359 e. The fraction of sp³-hybridized carbons (Fsp3) is 0.375. The first-order valence-electron chi connectivity index (χ1n) is 7.23. The van der Waals surface area contributed by atoms with Crippen molar-refractivity contribution in [1.29, 1.82) is 0 Å². The van der Waals surface area contributed by atoms with Crippen LogP contribution in [-0.2, 0) is 6.42 Å². The monoisotopic (exact) mass is 285 g/mol. The maximum Gasteiger partial charge on any atom is 0.319 e. The number of hydrogen-bond donors (Lipinski definition) is 2. The average Bonchev–Trinajstić information content (AvgIpc) is 2.79. The van der Waals surface area contributed by atoms with Crippen LogP contribution in [0, 0.1) is 13.8 Å². The van der Waals surface area contributed by atoms with Gasteiger partial charge in [-0.15, -0.1) is 0 Å². The number of carbonyl (C=O) groups is 1. The molecular formula is C16H19N3O2. The highest BCUT2D eigenvalue weighted by atomic mass is 16.5. The molecule has 3 rings (SSSR count). The van der Waals surface area contributed by atoms with Crippen molar-refractivity contribution in [1.82, 2.24) is 10.5 Å². The van der Waals surface area contributed by atoms with Crippen LogP contribution < -0.4 is 10.6 Å². The highest BCUT2D eigenvalue weighted by Crippen LogP contribution is 2.29. The molecule has 2 N–H and O–H groups in total. The van der Waals surface area contributed by atoms with Crippen LogP contribution in [0.3, 0.4) is 0 Å². The molecule has 110 valence electrons. The number of amides is 2. The van der Waals surface area contributed by atoms with Crippen LogP contribution in [0.15, 0.2) is 28.8 Å². The van der Waals surface area contributed by atoms with Crippen molar-refractivity contribution in [2.75, 3.05) is 5.32 Å². The van der Waals surface area contributed by atoms with Crippen LogP contribution in [0.5, 0.6) is 0 Å². The molecule has 21 heavy (non-hydrogen) atoms. The Hall–Kier alpha value is -2.30. The van der Waals surface area contributed by atoms with Gasteiger partial charge in [-0.25, -0.2) is 4.79 Å². The molecule has 1 aliphatic rings. The van der Waals surface area contributed by atoms with Gasteiger partial charge >= 0.3 is 6.03 Å². The van der Waals surface area contributed by atoms with Crippen molar-refractivity contribution < 1.29 is 9.32 Å². The fourth-order valence-electron chi connectivity index (χ4n) is 2.87. The Balaban J connectivity index is 1.72. The third-order valence-corrected chi connectivity index (χ3v) is 3.95. The summed E-state index contributed by atoms with van der Waals surface area (Å²) < 4.78 is 5.05. The van der Waals surface area contributed by atoms with E-state index in [2.05, 4.69) is 27.9 Å². The number of anilines is 1. The molecule has 0 bridgehead atoms. The molecule has 1 aromatic heterocycles. The number of carbonyl (C=O) groups excluding carboxylic acids is 1. The maximum atomic E-state index is 12.2. The number of nitrogens with one attached hydrogen (secondary N) is 2. The highest BCUT2D eigenvalue weighted by molar-refractivity contribution is 5.90. The van der Waals surface area contributed by atoms with Gasteiger partial charge in [-0.1, -0.05) is 29.4 Å². The predicted octanol–water partition coefficient (Wildman–Crippen LogP) is 3.49. The summed E-state index contributed by atoms with van der Waals surface area (Å²) in [5, 5.41) is 9.71. The largest absolute Gasteiger partial charge is 0.359 e. The molecular weight excluding hydrogens is 266 g/mol. The molecule has 1 atom stereocenters. The Morgan fingerprint density at radius 1 is 1.33 bits per heavy atom. The van der Waals surface area contributed by atoms with E-state index in [1.807, 2.05) is 19.1 Å². The molecule has 0 radical (unpaired) electrons. The number of aryl methyl sites for hydroxylation is 3. The number of aromatic nitrogens is 1. The number of hydrogen-bond acceptors (Lipinski definition) is 3. The molecule has 5 heteroatoms. The zero-order valence-electron chi connectivity index (χ0n) is 12.3. The van der Waals surface area contributed by atoms with Gasteiger partial charge in [-0.3, -0.25) is 0 Å². The van der Waals surface area contributed by atoms with Gasteiger partial charge in [0.05, 0.1) is 6.04 Å². The number of rotatable bonds is 2. The average molecular weight is 285 g/mol. The minimum atomic E-state index is -0.217. The number of fused-ring (bicyclic) bond motifs is 1. The zero-order chi connectivity index (χ0) is 14.8. The molecule has 0 spiro atoms. The lowest BCUT2D eigenvalue weighted by Gasteiger charge is -2.26. The van der Waals surface area contributed by atoms with E-state index in [-0.39, 0.29) is 12.1 Å². The molecule has 1 heterocycles. The van der Waals surface area contributed by atoms with E-state index in [1.165, 1.54) is 11.1 Å². The van der Waals surface area contributed by atoms with E-state index in [0.717, 1.165) is 19.3 Å². The summed E-state index contributed by atoms with van der Waals surface area (Å²) in [5.41, 5.74) is 3.88. The summed E-state index contributed by atoms with van der Waals surface area (Å²) in [4.78, 5) is 12.2. The van der Waals surface area contributed by atoms with Crippen molar-refractivity contribution in [3.05, 3.63) is 46.8 Å². The Morgan fingerprint density at radius 2 is 2.14 bits per heavy atom. The number of benzene rings is 1. The van der Waals surface area contributed by atoms with Crippen LogP contribution in [0.2, 0.25) is 0 Å². The lowest BCUT2D eigenvalue weighted by atomic mass is 9.88. The van der Waals surface area contributed by atoms with Crippen molar-refractivity contribution >= 4 is 11.7 Å². The van der Waals surface area contributed by atoms with Crippen LogP contribution in [0.4, 0.5) is 10.5 Å². The molecule has 2 aromatic rings. The van der Waals surface area contributed by atoms with E-state index in [4.69, 9.17) is 4.52 Å². The third-order valence-electron chi connectivity index (χ3n) is 3.95. The van der Waals surface area contributed by atoms with Crippen LogP contribution in [-0.4, -0.2) is 11.2 Å². The van der Waals surface area contributed by atoms with E-state index in [0.29, 0.717) is 17.1 Å². The fourth-order valence-corrected chi connectivity index (χ4v) is 2.87. The smallest absolute Gasteiger partial charge is 0.319 e. The summed E-state index contributed by atoms with van der Waals surface area (Å²) in [6.07, 6.45) is 3.14. The topological polar surface area (TPSA) is 67.2 Å². The van der Waals surface area contributed by atoms with E-state index in [1.54, 1.807) is 6.92 Å². The summed E-state index contributed by atoms with van der Waals surface area (Å²) in [7, 11) is 0. The second kappa shape index (κ2) is 5.60. The molecule has 0 aliphatic heterocycles. The van der Waals surface area contributed by atoms with Crippen molar-refractivity contribution in [2.45, 2.75) is 39.2 Å². The normalized spacial score (nSPS) is 17.1. The first-order valence-corrected chi connectivity index (χ1v) is 7.23. The predicted molar refractivity (Wildman–Crippen MR) is 80.3 cm³/mol. The van der Waals surface area contributed by atoms with Gasteiger partial charge in [0.1, 0.15) is 11.4 Å². The molecule has 0 fully saturated rings. The van der Waals surface area contributed by atoms with Gasteiger partial charge in [0, 0.05) is 0 Å². The second-order valence-electron chi connectivity index (χ2n) is 5.44. The van der Waals surface area contributed by atoms with Crippen molar-refractivity contribution in [2.24, 2.45) is 0 Å². The van der Waals surface area contributed by atoms with Gasteiger partial charge in [0.2, 0.25) is 0 Å². The maximum absolute atomic E-state index is 12.2. The van der Waals surface area contributed by atoms with E-state index < -0.39 is 0 Å². The van der Waals surface area contributed by atoms with Gasteiger partial charge in [0.15, 0.2) is 5.76 Å². The lowest BCUT2D eigenvalue weighted by Crippen LogP contribution is -2.34.